The van der Waals surface area contributed by atoms with Gasteiger partial charge < -0.3 is 10.1 Å². The van der Waals surface area contributed by atoms with Gasteiger partial charge in [-0.15, -0.1) is 0 Å². The van der Waals surface area contributed by atoms with E-state index in [1.54, 1.807) is 12.1 Å². The van der Waals surface area contributed by atoms with Crippen molar-refractivity contribution in [1.82, 2.24) is 10.2 Å². The third kappa shape index (κ3) is 4.62. The Kier molecular flexibility index (Phi) is 5.90. The Balaban J connectivity index is 2.11. The molecule has 1 heterocycles. The van der Waals surface area contributed by atoms with Gasteiger partial charge in [0.25, 0.3) is 11.5 Å². The Morgan fingerprint density at radius 2 is 2.14 bits per heavy atom. The van der Waals surface area contributed by atoms with E-state index >= 15 is 0 Å². The number of benzene rings is 1. The molecule has 1 saturated heterocycles. The first-order valence-corrected chi connectivity index (χ1v) is 7.14. The molecular weight excluding hydrogens is 302 g/mol. The molecule has 0 radical (unpaired) electrons. The Morgan fingerprint density at radius 1 is 1.43 bits per heavy atom. The molecule has 0 aliphatic carbocycles. The number of halogens is 3. The summed E-state index contributed by atoms with van der Waals surface area (Å²) in [6, 6.07) is 5.92. The number of morpholine rings is 1. The van der Waals surface area contributed by atoms with E-state index in [0.717, 1.165) is 5.56 Å². The summed E-state index contributed by atoms with van der Waals surface area (Å²) in [7, 11) is 0. The molecule has 0 aromatic heterocycles. The van der Waals surface area contributed by atoms with E-state index in [1.807, 2.05) is 0 Å². The van der Waals surface area contributed by atoms with E-state index in [4.69, 9.17) is 16.3 Å². The van der Waals surface area contributed by atoms with Crippen LogP contribution in [0.3, 0.4) is 0 Å². The summed E-state index contributed by atoms with van der Waals surface area (Å²) in [6.45, 7) is 2.63. The highest BCUT2D eigenvalue weighted by molar-refractivity contribution is 6.29. The van der Waals surface area contributed by atoms with Crippen LogP contribution in [0.25, 0.3) is 0 Å². The maximum atomic E-state index is 13.4. The number of hydrogen-bond acceptors (Lipinski definition) is 3. The number of ether oxygens (including phenoxy) is 1. The van der Waals surface area contributed by atoms with Crippen LogP contribution in [0.4, 0.5) is 8.78 Å². The van der Waals surface area contributed by atoms with Crippen LogP contribution in [0.15, 0.2) is 24.3 Å². The average molecular weight is 319 g/mol. The first-order valence-electron chi connectivity index (χ1n) is 6.71. The van der Waals surface area contributed by atoms with Gasteiger partial charge in [0.15, 0.2) is 0 Å². The van der Waals surface area contributed by atoms with Crippen molar-refractivity contribution >= 4 is 17.5 Å². The van der Waals surface area contributed by atoms with Crippen LogP contribution in [0, 0.1) is 5.82 Å². The van der Waals surface area contributed by atoms with Gasteiger partial charge in [-0.3, -0.25) is 9.69 Å². The lowest BCUT2D eigenvalue weighted by Crippen LogP contribution is -2.44. The van der Waals surface area contributed by atoms with Crippen LogP contribution in [-0.4, -0.2) is 49.3 Å². The van der Waals surface area contributed by atoms with Crippen molar-refractivity contribution in [2.24, 2.45) is 0 Å². The standard InChI is InChI=1S/C14H17ClF2N2O2/c15-13(17)14(20)18-9-12(19-4-6-21-7-5-19)10-2-1-3-11(16)8-10/h1-3,8,12-13H,4-7,9H2,(H,18,20). The zero-order valence-electron chi connectivity index (χ0n) is 11.4. The molecule has 1 amide bonds. The van der Waals surface area contributed by atoms with Crippen LogP contribution in [0.2, 0.25) is 0 Å². The summed E-state index contributed by atoms with van der Waals surface area (Å²) < 4.78 is 31.4. The van der Waals surface area contributed by atoms with Crippen molar-refractivity contribution in [1.29, 1.82) is 0 Å². The Bertz CT molecular complexity index is 482. The lowest BCUT2D eigenvalue weighted by Gasteiger charge is -2.35. The van der Waals surface area contributed by atoms with Gasteiger partial charge in [-0.25, -0.2) is 8.78 Å². The van der Waals surface area contributed by atoms with Crippen molar-refractivity contribution in [2.75, 3.05) is 32.8 Å². The smallest absolute Gasteiger partial charge is 0.270 e. The number of alkyl halides is 2. The summed E-state index contributed by atoms with van der Waals surface area (Å²) in [4.78, 5) is 13.4. The summed E-state index contributed by atoms with van der Waals surface area (Å²) in [5.74, 6) is -1.23. The molecule has 21 heavy (non-hydrogen) atoms. The molecule has 4 nitrogen and oxygen atoms in total. The monoisotopic (exact) mass is 318 g/mol. The average Bonchev–Trinajstić information content (AvgIpc) is 2.48. The van der Waals surface area contributed by atoms with Crippen molar-refractivity contribution in [2.45, 2.75) is 11.7 Å². The van der Waals surface area contributed by atoms with E-state index in [1.165, 1.54) is 12.1 Å². The van der Waals surface area contributed by atoms with E-state index in [2.05, 4.69) is 10.2 Å². The minimum atomic E-state index is -2.08. The second-order valence-electron chi connectivity index (χ2n) is 4.76. The summed E-state index contributed by atoms with van der Waals surface area (Å²) in [5, 5.41) is 2.45. The number of amides is 1. The Labute approximate surface area is 127 Å². The minimum absolute atomic E-state index is 0.162. The molecule has 116 valence electrons. The van der Waals surface area contributed by atoms with Crippen LogP contribution >= 0.6 is 11.6 Å². The zero-order valence-corrected chi connectivity index (χ0v) is 12.2. The molecule has 1 fully saturated rings. The Hall–Kier alpha value is -1.24. The van der Waals surface area contributed by atoms with Crippen LogP contribution in [0.5, 0.6) is 0 Å². The molecule has 2 atom stereocenters. The molecule has 0 bridgehead atoms. The van der Waals surface area contributed by atoms with Gasteiger partial charge in [0.1, 0.15) is 5.82 Å². The van der Waals surface area contributed by atoms with Gasteiger partial charge in [0.05, 0.1) is 19.3 Å². The maximum Gasteiger partial charge on any atom is 0.270 e. The van der Waals surface area contributed by atoms with Crippen LogP contribution < -0.4 is 5.32 Å². The van der Waals surface area contributed by atoms with Gasteiger partial charge in [0.2, 0.25) is 0 Å². The normalized spacial score (nSPS) is 19.0. The minimum Gasteiger partial charge on any atom is -0.379 e. The molecule has 2 rings (SSSR count). The summed E-state index contributed by atoms with van der Waals surface area (Å²) in [5.41, 5.74) is -1.36. The molecule has 1 aliphatic rings. The van der Waals surface area contributed by atoms with Crippen molar-refractivity contribution in [3.63, 3.8) is 0 Å². The third-order valence-electron chi connectivity index (χ3n) is 3.39. The number of nitrogens with one attached hydrogen (secondary N) is 1. The number of carbonyl (C=O) groups excluding carboxylic acids is 1. The van der Waals surface area contributed by atoms with Crippen molar-refractivity contribution in [3.8, 4) is 0 Å². The summed E-state index contributed by atoms with van der Waals surface area (Å²) in [6.07, 6.45) is 0. The number of rotatable bonds is 5. The Morgan fingerprint density at radius 3 is 2.76 bits per heavy atom. The fraction of sp³-hybridized carbons (Fsp3) is 0.500. The molecule has 1 N–H and O–H groups in total. The van der Waals surface area contributed by atoms with Crippen LogP contribution in [-0.2, 0) is 9.53 Å². The lowest BCUT2D eigenvalue weighted by atomic mass is 10.0. The highest BCUT2D eigenvalue weighted by Gasteiger charge is 2.24. The quantitative estimate of drug-likeness (QED) is 0.843. The molecule has 7 heteroatoms. The van der Waals surface area contributed by atoms with Crippen molar-refractivity contribution < 1.29 is 18.3 Å². The second-order valence-corrected chi connectivity index (χ2v) is 5.15. The molecular formula is C14H17ClF2N2O2. The van der Waals surface area contributed by atoms with E-state index in [0.29, 0.717) is 26.3 Å². The van der Waals surface area contributed by atoms with E-state index in [9.17, 15) is 13.6 Å². The molecule has 1 aromatic rings. The van der Waals surface area contributed by atoms with Gasteiger partial charge in [-0.05, 0) is 17.7 Å². The SMILES string of the molecule is O=C(NCC(c1cccc(F)c1)N1CCOCC1)C(F)Cl. The maximum absolute atomic E-state index is 13.4. The molecule has 1 aromatic carbocycles. The lowest BCUT2D eigenvalue weighted by molar-refractivity contribution is -0.123. The van der Waals surface area contributed by atoms with Crippen LogP contribution in [0.1, 0.15) is 11.6 Å². The predicted molar refractivity (Wildman–Crippen MR) is 75.3 cm³/mol. The van der Waals surface area contributed by atoms with Gasteiger partial charge in [-0.2, -0.15) is 0 Å². The van der Waals surface area contributed by atoms with Gasteiger partial charge >= 0.3 is 0 Å². The first kappa shape index (κ1) is 16.1. The molecule has 0 spiro atoms. The summed E-state index contributed by atoms with van der Waals surface area (Å²) >= 11 is 5.10. The second kappa shape index (κ2) is 7.68. The van der Waals surface area contributed by atoms with Gasteiger partial charge in [0, 0.05) is 19.6 Å². The fourth-order valence-corrected chi connectivity index (χ4v) is 2.41. The molecule has 2 unspecified atom stereocenters. The topological polar surface area (TPSA) is 41.6 Å². The molecule has 1 aliphatic heterocycles. The highest BCUT2D eigenvalue weighted by atomic mass is 35.5. The zero-order chi connectivity index (χ0) is 15.2. The number of carbonyl (C=O) groups is 1. The van der Waals surface area contributed by atoms with E-state index in [-0.39, 0.29) is 18.4 Å². The first-order chi connectivity index (χ1) is 10.1. The van der Waals surface area contributed by atoms with Crippen molar-refractivity contribution in [3.05, 3.63) is 35.6 Å². The van der Waals surface area contributed by atoms with E-state index < -0.39 is 11.5 Å². The van der Waals surface area contributed by atoms with Gasteiger partial charge in [-0.1, -0.05) is 23.7 Å². The highest BCUT2D eigenvalue weighted by Crippen LogP contribution is 2.22. The predicted octanol–water partition coefficient (Wildman–Crippen LogP) is 1.85. The number of nitrogens with zero attached hydrogens (tertiary/aromatic N) is 1. The number of hydrogen-bond donors (Lipinski definition) is 1. The largest absolute Gasteiger partial charge is 0.379 e. The third-order valence-corrected chi connectivity index (χ3v) is 3.59. The molecule has 0 saturated carbocycles. The fourth-order valence-electron chi connectivity index (χ4n) is 2.34.